The molecular formula is C13H21NO5. The number of hydrogen-bond donors (Lipinski definition) is 3. The van der Waals surface area contributed by atoms with Crippen LogP contribution in [-0.2, 0) is 14.4 Å². The van der Waals surface area contributed by atoms with Crippen LogP contribution in [0.15, 0.2) is 0 Å². The van der Waals surface area contributed by atoms with Gasteiger partial charge >= 0.3 is 11.9 Å². The summed E-state index contributed by atoms with van der Waals surface area (Å²) in [4.78, 5) is 33.6. The van der Waals surface area contributed by atoms with Gasteiger partial charge in [-0.05, 0) is 24.7 Å². The quantitative estimate of drug-likeness (QED) is 0.674. The minimum Gasteiger partial charge on any atom is -0.481 e. The fraction of sp³-hybridized carbons (Fsp3) is 0.769. The maximum Gasteiger partial charge on any atom is 0.326 e. The molecule has 2 atom stereocenters. The van der Waals surface area contributed by atoms with Gasteiger partial charge in [0.15, 0.2) is 0 Å². The van der Waals surface area contributed by atoms with E-state index in [2.05, 4.69) is 5.32 Å². The van der Waals surface area contributed by atoms with Crippen molar-refractivity contribution in [2.24, 2.45) is 11.3 Å². The predicted octanol–water partition coefficient (Wildman–Crippen LogP) is 1.25. The van der Waals surface area contributed by atoms with E-state index in [9.17, 15) is 14.4 Å². The maximum atomic E-state index is 12.1. The van der Waals surface area contributed by atoms with Crippen molar-refractivity contribution in [3.05, 3.63) is 0 Å². The van der Waals surface area contributed by atoms with Gasteiger partial charge in [-0.1, -0.05) is 20.3 Å². The van der Waals surface area contributed by atoms with Gasteiger partial charge in [0.2, 0.25) is 5.91 Å². The van der Waals surface area contributed by atoms with Crippen molar-refractivity contribution in [3.8, 4) is 0 Å². The minimum atomic E-state index is -1.19. The van der Waals surface area contributed by atoms with Crippen molar-refractivity contribution >= 4 is 17.8 Å². The summed E-state index contributed by atoms with van der Waals surface area (Å²) in [7, 11) is 0. The summed E-state index contributed by atoms with van der Waals surface area (Å²) in [5.74, 6) is -2.73. The summed E-state index contributed by atoms with van der Waals surface area (Å²) in [6.45, 7) is 3.99. The Morgan fingerprint density at radius 3 is 2.37 bits per heavy atom. The van der Waals surface area contributed by atoms with Crippen molar-refractivity contribution in [1.29, 1.82) is 0 Å². The zero-order valence-electron chi connectivity index (χ0n) is 11.3. The normalized spacial score (nSPS) is 22.7. The standard InChI is InChI=1S/C13H21NO5/c1-13(2)7-3-4-8(13)11(17)14-9(12(18)19)5-6-10(15)16/h8-9H,3-7H2,1-2H3,(H,14,17)(H,15,16)(H,18,19). The summed E-state index contributed by atoms with van der Waals surface area (Å²) in [6.07, 6.45) is 2.29. The Morgan fingerprint density at radius 2 is 1.95 bits per heavy atom. The van der Waals surface area contributed by atoms with E-state index in [4.69, 9.17) is 10.2 Å². The Kier molecular flexibility index (Phi) is 4.91. The molecule has 0 radical (unpaired) electrons. The van der Waals surface area contributed by atoms with Crippen LogP contribution in [0.25, 0.3) is 0 Å². The third-order valence-corrected chi connectivity index (χ3v) is 3.84. The molecule has 108 valence electrons. The lowest BCUT2D eigenvalue weighted by molar-refractivity contribution is -0.144. The number of carbonyl (C=O) groups excluding carboxylic acids is 1. The Morgan fingerprint density at radius 1 is 1.32 bits per heavy atom. The van der Waals surface area contributed by atoms with Crippen LogP contribution in [0.4, 0.5) is 0 Å². The van der Waals surface area contributed by atoms with Crippen LogP contribution < -0.4 is 5.32 Å². The molecule has 3 N–H and O–H groups in total. The van der Waals surface area contributed by atoms with Gasteiger partial charge in [0.25, 0.3) is 0 Å². The van der Waals surface area contributed by atoms with Crippen LogP contribution in [0.1, 0.15) is 46.0 Å². The maximum absolute atomic E-state index is 12.1. The van der Waals surface area contributed by atoms with Crippen molar-refractivity contribution in [2.45, 2.75) is 52.0 Å². The SMILES string of the molecule is CC1(C)CCCC1C(=O)NC(CCC(=O)O)C(=O)O. The molecule has 1 amide bonds. The molecule has 0 aromatic carbocycles. The molecule has 1 aliphatic carbocycles. The number of hydrogen-bond acceptors (Lipinski definition) is 3. The second-order valence-corrected chi connectivity index (χ2v) is 5.77. The zero-order chi connectivity index (χ0) is 14.6. The highest BCUT2D eigenvalue weighted by molar-refractivity contribution is 5.86. The van der Waals surface area contributed by atoms with Gasteiger partial charge in [-0.15, -0.1) is 0 Å². The van der Waals surface area contributed by atoms with Gasteiger partial charge in [0.05, 0.1) is 0 Å². The van der Waals surface area contributed by atoms with Crippen molar-refractivity contribution < 1.29 is 24.6 Å². The first-order valence-electron chi connectivity index (χ1n) is 6.49. The van der Waals surface area contributed by atoms with Gasteiger partial charge in [-0.2, -0.15) is 0 Å². The Balaban J connectivity index is 2.61. The number of aliphatic carboxylic acids is 2. The molecule has 6 nitrogen and oxygen atoms in total. The number of rotatable bonds is 6. The van der Waals surface area contributed by atoms with Gasteiger partial charge in [0, 0.05) is 12.3 Å². The number of carbonyl (C=O) groups is 3. The molecular weight excluding hydrogens is 250 g/mol. The third-order valence-electron chi connectivity index (χ3n) is 3.84. The zero-order valence-corrected chi connectivity index (χ0v) is 11.3. The van der Waals surface area contributed by atoms with Gasteiger partial charge in [0.1, 0.15) is 6.04 Å². The monoisotopic (exact) mass is 271 g/mol. The van der Waals surface area contributed by atoms with E-state index in [1.165, 1.54) is 0 Å². The Labute approximate surface area is 112 Å². The highest BCUT2D eigenvalue weighted by Gasteiger charge is 2.40. The fourth-order valence-corrected chi connectivity index (χ4v) is 2.61. The lowest BCUT2D eigenvalue weighted by Gasteiger charge is -2.27. The van der Waals surface area contributed by atoms with E-state index in [1.54, 1.807) is 0 Å². The lowest BCUT2D eigenvalue weighted by atomic mass is 9.81. The van der Waals surface area contributed by atoms with Crippen molar-refractivity contribution in [2.75, 3.05) is 0 Å². The molecule has 0 saturated heterocycles. The van der Waals surface area contributed by atoms with Gasteiger partial charge < -0.3 is 15.5 Å². The van der Waals surface area contributed by atoms with E-state index in [-0.39, 0.29) is 30.1 Å². The van der Waals surface area contributed by atoms with Crippen LogP contribution in [-0.4, -0.2) is 34.1 Å². The highest BCUT2D eigenvalue weighted by atomic mass is 16.4. The average Bonchev–Trinajstić information content (AvgIpc) is 2.63. The summed E-state index contributed by atoms with van der Waals surface area (Å²) in [5.41, 5.74) is -0.125. The number of amides is 1. The predicted molar refractivity (Wildman–Crippen MR) is 67.6 cm³/mol. The number of nitrogens with one attached hydrogen (secondary N) is 1. The van der Waals surface area contributed by atoms with Crippen LogP contribution >= 0.6 is 0 Å². The highest BCUT2D eigenvalue weighted by Crippen LogP contribution is 2.42. The summed E-state index contributed by atoms with van der Waals surface area (Å²) in [5, 5.41) is 20.0. The van der Waals surface area contributed by atoms with E-state index < -0.39 is 18.0 Å². The molecule has 1 fully saturated rings. The fourth-order valence-electron chi connectivity index (χ4n) is 2.61. The first-order chi connectivity index (χ1) is 8.74. The Bertz CT molecular complexity index is 377. The third kappa shape index (κ3) is 4.22. The molecule has 2 unspecified atom stereocenters. The second kappa shape index (κ2) is 6.04. The van der Waals surface area contributed by atoms with Crippen molar-refractivity contribution in [3.63, 3.8) is 0 Å². The second-order valence-electron chi connectivity index (χ2n) is 5.77. The largest absolute Gasteiger partial charge is 0.481 e. The average molecular weight is 271 g/mol. The van der Waals surface area contributed by atoms with Crippen LogP contribution in [0, 0.1) is 11.3 Å². The molecule has 0 spiro atoms. The molecule has 0 aliphatic heterocycles. The first-order valence-corrected chi connectivity index (χ1v) is 6.49. The molecule has 1 saturated carbocycles. The van der Waals surface area contributed by atoms with E-state index >= 15 is 0 Å². The first kappa shape index (κ1) is 15.5. The lowest BCUT2D eigenvalue weighted by Crippen LogP contribution is -2.45. The van der Waals surface area contributed by atoms with Gasteiger partial charge in [-0.3, -0.25) is 9.59 Å². The molecule has 0 aromatic rings. The summed E-state index contributed by atoms with van der Waals surface area (Å²) >= 11 is 0. The molecule has 1 aliphatic rings. The molecule has 0 bridgehead atoms. The van der Waals surface area contributed by atoms with Crippen LogP contribution in [0.3, 0.4) is 0 Å². The molecule has 0 aromatic heterocycles. The molecule has 1 rings (SSSR count). The van der Waals surface area contributed by atoms with E-state index in [0.29, 0.717) is 0 Å². The summed E-state index contributed by atoms with van der Waals surface area (Å²) < 4.78 is 0. The number of carboxylic acids is 2. The van der Waals surface area contributed by atoms with Crippen LogP contribution in [0.5, 0.6) is 0 Å². The molecule has 19 heavy (non-hydrogen) atoms. The topological polar surface area (TPSA) is 104 Å². The van der Waals surface area contributed by atoms with E-state index in [0.717, 1.165) is 19.3 Å². The Hall–Kier alpha value is -1.59. The molecule has 0 heterocycles. The molecule has 6 heteroatoms. The minimum absolute atomic E-state index is 0.0937. The number of carboxylic acid groups (broad SMARTS) is 2. The summed E-state index contributed by atoms with van der Waals surface area (Å²) in [6, 6.07) is -1.13. The smallest absolute Gasteiger partial charge is 0.326 e. The van der Waals surface area contributed by atoms with E-state index in [1.807, 2.05) is 13.8 Å². The van der Waals surface area contributed by atoms with Crippen LogP contribution in [0.2, 0.25) is 0 Å². The van der Waals surface area contributed by atoms with Crippen molar-refractivity contribution in [1.82, 2.24) is 5.32 Å². The van der Waals surface area contributed by atoms with Gasteiger partial charge in [-0.25, -0.2) is 4.79 Å².